The molecule has 0 saturated carbocycles. The largest absolute Gasteiger partial charge is 0.497 e. The molecular formula is C32H33N5O5. The molecule has 0 amide bonds. The zero-order valence-electron chi connectivity index (χ0n) is 23.6. The van der Waals surface area contributed by atoms with E-state index in [0.717, 1.165) is 16.7 Å². The second-order valence-electron chi connectivity index (χ2n) is 10.7. The number of aliphatic hydroxyl groups excluding tert-OH is 1. The minimum atomic E-state index is -1.63. The molecule has 0 radical (unpaired) electrons. The number of aromatic amines is 1. The molecule has 3 heterocycles. The summed E-state index contributed by atoms with van der Waals surface area (Å²) in [5, 5.41) is 25.5. The van der Waals surface area contributed by atoms with Crippen LogP contribution in [0.5, 0.6) is 5.75 Å². The lowest BCUT2D eigenvalue weighted by Crippen LogP contribution is -2.43. The molecule has 5 aromatic rings. The number of hydrogen-bond acceptors (Lipinski definition) is 8. The summed E-state index contributed by atoms with van der Waals surface area (Å²) < 4.78 is 13.0. The van der Waals surface area contributed by atoms with E-state index < -0.39 is 35.1 Å². The van der Waals surface area contributed by atoms with E-state index in [2.05, 4.69) is 15.3 Å². The normalized spacial score (nSPS) is 22.4. The number of aromatic nitrogens is 4. The summed E-state index contributed by atoms with van der Waals surface area (Å²) >= 11 is 0. The number of benzene rings is 3. The van der Waals surface area contributed by atoms with E-state index >= 15 is 0 Å². The van der Waals surface area contributed by atoms with Crippen LogP contribution in [0.1, 0.15) is 43.2 Å². The molecular weight excluding hydrogens is 534 g/mol. The van der Waals surface area contributed by atoms with Crippen LogP contribution in [-0.4, -0.2) is 54.7 Å². The van der Waals surface area contributed by atoms with Crippen molar-refractivity contribution in [2.24, 2.45) is 0 Å². The Bertz CT molecular complexity index is 1700. The summed E-state index contributed by atoms with van der Waals surface area (Å²) in [5.74, 6) is 0.893. The maximum Gasteiger partial charge on any atom is 0.280 e. The van der Waals surface area contributed by atoms with E-state index in [4.69, 9.17) is 14.5 Å². The number of fused-ring (bicyclic) bond motifs is 1. The number of hydrogen-bond donors (Lipinski definition) is 4. The molecule has 42 heavy (non-hydrogen) atoms. The molecule has 4 atom stereocenters. The van der Waals surface area contributed by atoms with Gasteiger partial charge in [0.15, 0.2) is 17.4 Å². The number of anilines is 1. The highest BCUT2D eigenvalue weighted by Gasteiger charge is 2.52. The number of methoxy groups -OCH3 is 1. The quantitative estimate of drug-likeness (QED) is 0.207. The Labute approximate surface area is 242 Å². The van der Waals surface area contributed by atoms with Gasteiger partial charge in [0.05, 0.1) is 19.5 Å². The molecule has 1 aliphatic heterocycles. The van der Waals surface area contributed by atoms with Crippen LogP contribution in [0.3, 0.4) is 0 Å². The first-order valence-electron chi connectivity index (χ1n) is 13.9. The van der Waals surface area contributed by atoms with Gasteiger partial charge in [-0.05, 0) is 42.2 Å². The summed E-state index contributed by atoms with van der Waals surface area (Å²) in [6.45, 7) is 3.38. The standard InChI is InChI=1S/C32H33N5O5/c1-4-24-26(38)31(2,40)29(42-24)37-19-33-25-27(37)34-30(35-28(25)39)36-32(20-11-7-5-8-12-20,21-13-9-6-10-14-21)22-15-17-23(41-3)18-16-22/h5-19,24,26,29,38,40H,4H2,1-3H3,(H2,34,35,36,39)/t24?,26-,29-,31-/m1/s1. The molecule has 2 aromatic heterocycles. The van der Waals surface area contributed by atoms with Crippen molar-refractivity contribution in [3.8, 4) is 5.75 Å². The third kappa shape index (κ3) is 4.44. The minimum absolute atomic E-state index is 0.0869. The zero-order chi connectivity index (χ0) is 29.5. The minimum Gasteiger partial charge on any atom is -0.497 e. The lowest BCUT2D eigenvalue weighted by molar-refractivity contribution is -0.0940. The van der Waals surface area contributed by atoms with Crippen LogP contribution in [0.4, 0.5) is 5.95 Å². The molecule has 0 bridgehead atoms. The van der Waals surface area contributed by atoms with Crippen LogP contribution in [0.25, 0.3) is 11.2 Å². The van der Waals surface area contributed by atoms with Crippen molar-refractivity contribution >= 4 is 17.1 Å². The van der Waals surface area contributed by atoms with E-state index in [-0.39, 0.29) is 17.1 Å². The maximum absolute atomic E-state index is 13.4. The third-order valence-corrected chi connectivity index (χ3v) is 8.08. The monoisotopic (exact) mass is 567 g/mol. The predicted octanol–water partition coefficient (Wildman–Crippen LogP) is 3.95. The van der Waals surface area contributed by atoms with E-state index in [1.807, 2.05) is 91.9 Å². The van der Waals surface area contributed by atoms with Gasteiger partial charge in [0.1, 0.15) is 23.0 Å². The topological polar surface area (TPSA) is 135 Å². The van der Waals surface area contributed by atoms with Crippen molar-refractivity contribution < 1.29 is 19.7 Å². The van der Waals surface area contributed by atoms with E-state index in [1.165, 1.54) is 17.8 Å². The molecule has 6 rings (SSSR count). The average molecular weight is 568 g/mol. The molecule has 1 unspecified atom stereocenters. The second-order valence-corrected chi connectivity index (χ2v) is 10.7. The van der Waals surface area contributed by atoms with Gasteiger partial charge in [-0.15, -0.1) is 0 Å². The highest BCUT2D eigenvalue weighted by atomic mass is 16.6. The van der Waals surface area contributed by atoms with Crippen LogP contribution < -0.4 is 15.6 Å². The lowest BCUT2D eigenvalue weighted by Gasteiger charge is -2.37. The Balaban J connectivity index is 1.55. The van der Waals surface area contributed by atoms with Gasteiger partial charge in [-0.25, -0.2) is 4.98 Å². The number of nitrogens with zero attached hydrogens (tertiary/aromatic N) is 3. The predicted molar refractivity (Wildman–Crippen MR) is 158 cm³/mol. The highest BCUT2D eigenvalue weighted by Crippen LogP contribution is 2.42. The van der Waals surface area contributed by atoms with Crippen LogP contribution in [0, 0.1) is 0 Å². The van der Waals surface area contributed by atoms with Crippen LogP contribution in [0.15, 0.2) is 96.1 Å². The molecule has 10 heteroatoms. The van der Waals surface area contributed by atoms with Gasteiger partial charge in [0, 0.05) is 0 Å². The zero-order valence-corrected chi connectivity index (χ0v) is 23.6. The van der Waals surface area contributed by atoms with Crippen molar-refractivity contribution in [3.63, 3.8) is 0 Å². The van der Waals surface area contributed by atoms with Gasteiger partial charge < -0.3 is 25.0 Å². The van der Waals surface area contributed by atoms with Gasteiger partial charge >= 0.3 is 0 Å². The molecule has 4 N–H and O–H groups in total. The van der Waals surface area contributed by atoms with Gasteiger partial charge in [0.2, 0.25) is 5.95 Å². The van der Waals surface area contributed by atoms with Gasteiger partial charge in [-0.2, -0.15) is 4.98 Å². The Morgan fingerprint density at radius 3 is 2.17 bits per heavy atom. The van der Waals surface area contributed by atoms with Crippen molar-refractivity contribution in [2.45, 2.75) is 49.8 Å². The highest BCUT2D eigenvalue weighted by molar-refractivity contribution is 5.71. The van der Waals surface area contributed by atoms with E-state index in [9.17, 15) is 15.0 Å². The first-order chi connectivity index (χ1) is 20.3. The van der Waals surface area contributed by atoms with Gasteiger partial charge in [-0.1, -0.05) is 79.7 Å². The van der Waals surface area contributed by atoms with Crippen LogP contribution in [-0.2, 0) is 10.3 Å². The third-order valence-electron chi connectivity index (χ3n) is 8.08. The lowest BCUT2D eigenvalue weighted by atomic mass is 9.77. The second kappa shape index (κ2) is 10.7. The fraction of sp³-hybridized carbons (Fsp3) is 0.281. The Morgan fingerprint density at radius 1 is 1.02 bits per heavy atom. The molecule has 1 aliphatic rings. The van der Waals surface area contributed by atoms with E-state index in [1.54, 1.807) is 7.11 Å². The summed E-state index contributed by atoms with van der Waals surface area (Å²) in [5.41, 5.74) is -0.0784. The number of rotatable bonds is 8. The fourth-order valence-electron chi connectivity index (χ4n) is 5.84. The first kappa shape index (κ1) is 27.6. The molecule has 0 aliphatic carbocycles. The van der Waals surface area contributed by atoms with Crippen molar-refractivity contribution in [1.29, 1.82) is 0 Å². The number of ether oxygens (including phenoxy) is 2. The fourth-order valence-corrected chi connectivity index (χ4v) is 5.84. The average Bonchev–Trinajstić information content (AvgIpc) is 3.54. The van der Waals surface area contributed by atoms with Crippen molar-refractivity contribution in [3.05, 3.63) is 118 Å². The molecule has 0 spiro atoms. The SMILES string of the molecule is CCC1O[C@@H](n2cnc3c(=O)[nH]c(NC(c4ccccc4)(c4ccccc4)c4ccc(OC)cc4)nc32)[C@](C)(O)[C@@H]1O. The Morgan fingerprint density at radius 2 is 1.62 bits per heavy atom. The molecule has 10 nitrogen and oxygen atoms in total. The number of aliphatic hydroxyl groups is 2. The van der Waals surface area contributed by atoms with Crippen molar-refractivity contribution in [2.75, 3.05) is 12.4 Å². The smallest absolute Gasteiger partial charge is 0.280 e. The molecule has 216 valence electrons. The summed E-state index contributed by atoms with van der Waals surface area (Å²) in [6.07, 6.45) is -0.797. The number of imidazole rings is 1. The van der Waals surface area contributed by atoms with Crippen molar-refractivity contribution in [1.82, 2.24) is 19.5 Å². The Hall–Kier alpha value is -4.51. The maximum atomic E-state index is 13.4. The summed E-state index contributed by atoms with van der Waals surface area (Å²) in [4.78, 5) is 25.3. The van der Waals surface area contributed by atoms with Crippen LogP contribution in [0.2, 0.25) is 0 Å². The number of nitrogens with one attached hydrogen (secondary N) is 2. The first-order valence-corrected chi connectivity index (χ1v) is 13.9. The van der Waals surface area contributed by atoms with Gasteiger partial charge in [0.25, 0.3) is 5.56 Å². The van der Waals surface area contributed by atoms with Crippen LogP contribution >= 0.6 is 0 Å². The van der Waals surface area contributed by atoms with E-state index in [0.29, 0.717) is 12.2 Å². The summed E-state index contributed by atoms with van der Waals surface area (Å²) in [6, 6.07) is 27.5. The summed E-state index contributed by atoms with van der Waals surface area (Å²) in [7, 11) is 1.62. The van der Waals surface area contributed by atoms with Gasteiger partial charge in [-0.3, -0.25) is 14.3 Å². The molecule has 1 saturated heterocycles. The Kier molecular flexibility index (Phi) is 7.05. The molecule has 1 fully saturated rings. The molecule has 3 aromatic carbocycles. The number of H-pyrrole nitrogens is 1.